The second-order valence-electron chi connectivity index (χ2n) is 5.44. The minimum atomic E-state index is -3.82. The van der Waals surface area contributed by atoms with E-state index in [1.165, 1.54) is 18.2 Å². The molecule has 0 amide bonds. The van der Waals surface area contributed by atoms with Crippen molar-refractivity contribution >= 4 is 26.6 Å². The standard InChI is InChI=1S/C18H14O5S/c1-12-6-5-7-13-10-15(18(20)23-17(12)13)16(19)11-24(21,22)14-8-3-2-4-9-14/h2-10H,11H2,1H3. The highest BCUT2D eigenvalue weighted by atomic mass is 32.2. The van der Waals surface area contributed by atoms with E-state index in [0.717, 1.165) is 5.56 Å². The third-order valence-corrected chi connectivity index (χ3v) is 5.31. The van der Waals surface area contributed by atoms with Gasteiger partial charge >= 0.3 is 5.63 Å². The molecule has 0 bridgehead atoms. The molecule has 0 N–H and O–H groups in total. The minimum Gasteiger partial charge on any atom is -0.422 e. The molecular formula is C18H14O5S. The molecule has 0 atom stereocenters. The van der Waals surface area contributed by atoms with Crippen LogP contribution in [0.1, 0.15) is 15.9 Å². The molecule has 0 aliphatic carbocycles. The minimum absolute atomic E-state index is 0.0411. The summed E-state index contributed by atoms with van der Waals surface area (Å²) in [5, 5.41) is 0.579. The number of sulfone groups is 1. The Kier molecular flexibility index (Phi) is 4.07. The van der Waals surface area contributed by atoms with Gasteiger partial charge in [-0.3, -0.25) is 4.79 Å². The van der Waals surface area contributed by atoms with Crippen molar-refractivity contribution in [2.75, 3.05) is 5.75 Å². The first-order valence-corrected chi connectivity index (χ1v) is 8.88. The molecule has 5 nitrogen and oxygen atoms in total. The number of benzene rings is 2. The molecule has 0 fully saturated rings. The molecule has 1 heterocycles. The average molecular weight is 342 g/mol. The van der Waals surface area contributed by atoms with Crippen LogP contribution >= 0.6 is 0 Å². The number of aryl methyl sites for hydroxylation is 1. The predicted octanol–water partition coefficient (Wildman–Crippen LogP) is 2.76. The maximum absolute atomic E-state index is 12.3. The summed E-state index contributed by atoms with van der Waals surface area (Å²) >= 11 is 0. The van der Waals surface area contributed by atoms with Crippen LogP contribution in [0.3, 0.4) is 0 Å². The molecule has 6 heteroatoms. The Morgan fingerprint density at radius 2 is 1.75 bits per heavy atom. The normalized spacial score (nSPS) is 11.5. The Morgan fingerprint density at radius 1 is 1.04 bits per heavy atom. The lowest BCUT2D eigenvalue weighted by atomic mass is 10.1. The summed E-state index contributed by atoms with van der Waals surface area (Å²) in [5.74, 6) is -1.56. The fourth-order valence-electron chi connectivity index (χ4n) is 2.45. The summed E-state index contributed by atoms with van der Waals surface area (Å²) in [6.07, 6.45) is 0. The number of carbonyl (C=O) groups excluding carboxylic acids is 1. The third kappa shape index (κ3) is 3.00. The number of carbonyl (C=O) groups is 1. The van der Waals surface area contributed by atoms with Crippen LogP contribution < -0.4 is 5.63 Å². The Bertz CT molecular complexity index is 1080. The number of rotatable bonds is 4. The van der Waals surface area contributed by atoms with Crippen LogP contribution in [0.15, 0.2) is 68.7 Å². The average Bonchev–Trinajstić information content (AvgIpc) is 2.55. The van der Waals surface area contributed by atoms with Crippen molar-refractivity contribution < 1.29 is 17.6 Å². The summed E-state index contributed by atoms with van der Waals surface area (Å²) in [4.78, 5) is 24.5. The van der Waals surface area contributed by atoms with E-state index in [0.29, 0.717) is 11.0 Å². The van der Waals surface area contributed by atoms with Crippen molar-refractivity contribution in [3.05, 3.63) is 76.1 Å². The van der Waals surface area contributed by atoms with E-state index in [4.69, 9.17) is 4.42 Å². The van der Waals surface area contributed by atoms with Crippen molar-refractivity contribution in [2.24, 2.45) is 0 Å². The van der Waals surface area contributed by atoms with Crippen LogP contribution in [-0.4, -0.2) is 20.0 Å². The molecule has 0 saturated carbocycles. The molecule has 0 spiro atoms. The maximum atomic E-state index is 12.3. The van der Waals surface area contributed by atoms with Gasteiger partial charge in [-0.2, -0.15) is 0 Å². The molecule has 3 aromatic rings. The van der Waals surface area contributed by atoms with Gasteiger partial charge in [0.05, 0.1) is 4.90 Å². The first-order valence-electron chi connectivity index (χ1n) is 7.23. The lowest BCUT2D eigenvalue weighted by molar-refractivity contribution is 0.101. The van der Waals surface area contributed by atoms with E-state index in [1.807, 2.05) is 0 Å². The first kappa shape index (κ1) is 16.1. The van der Waals surface area contributed by atoms with Gasteiger partial charge in [0, 0.05) is 5.39 Å². The molecule has 0 aliphatic heterocycles. The zero-order valence-electron chi connectivity index (χ0n) is 12.9. The largest absolute Gasteiger partial charge is 0.422 e. The number of ketones is 1. The molecule has 0 aliphatic rings. The van der Waals surface area contributed by atoms with Gasteiger partial charge in [-0.05, 0) is 30.7 Å². The van der Waals surface area contributed by atoms with Gasteiger partial charge in [0.1, 0.15) is 16.9 Å². The molecule has 2 aromatic carbocycles. The fourth-order valence-corrected chi connectivity index (χ4v) is 3.69. The monoisotopic (exact) mass is 342 g/mol. The van der Waals surface area contributed by atoms with Crippen LogP contribution in [-0.2, 0) is 9.84 Å². The van der Waals surface area contributed by atoms with E-state index in [-0.39, 0.29) is 10.5 Å². The smallest absolute Gasteiger partial charge is 0.347 e. The number of hydrogen-bond acceptors (Lipinski definition) is 5. The van der Waals surface area contributed by atoms with Gasteiger partial charge in [0.15, 0.2) is 15.6 Å². The summed E-state index contributed by atoms with van der Waals surface area (Å²) < 4.78 is 29.8. The van der Waals surface area contributed by atoms with Crippen molar-refractivity contribution in [3.63, 3.8) is 0 Å². The molecule has 0 saturated heterocycles. The Morgan fingerprint density at radius 3 is 2.46 bits per heavy atom. The fraction of sp³-hybridized carbons (Fsp3) is 0.111. The Hall–Kier alpha value is -2.73. The van der Waals surface area contributed by atoms with Crippen LogP contribution in [0, 0.1) is 6.92 Å². The Balaban J connectivity index is 2.01. The zero-order valence-corrected chi connectivity index (χ0v) is 13.7. The first-order chi connectivity index (χ1) is 11.4. The molecule has 3 rings (SSSR count). The number of para-hydroxylation sites is 1. The quantitative estimate of drug-likeness (QED) is 0.538. The molecule has 122 valence electrons. The topological polar surface area (TPSA) is 81.4 Å². The lowest BCUT2D eigenvalue weighted by Crippen LogP contribution is -2.22. The van der Waals surface area contributed by atoms with Crippen LogP contribution in [0.2, 0.25) is 0 Å². The van der Waals surface area contributed by atoms with Gasteiger partial charge in [-0.25, -0.2) is 13.2 Å². The maximum Gasteiger partial charge on any atom is 0.347 e. The molecular weight excluding hydrogens is 328 g/mol. The molecule has 0 unspecified atom stereocenters. The second-order valence-corrected chi connectivity index (χ2v) is 7.43. The summed E-state index contributed by atoms with van der Waals surface area (Å²) in [6, 6.07) is 14.3. The van der Waals surface area contributed by atoms with Gasteiger partial charge in [-0.1, -0.05) is 36.4 Å². The predicted molar refractivity (Wildman–Crippen MR) is 90.0 cm³/mol. The molecule has 1 aromatic heterocycles. The van der Waals surface area contributed by atoms with Gasteiger partial charge < -0.3 is 4.42 Å². The Labute approximate surface area is 138 Å². The number of fused-ring (bicyclic) bond motifs is 1. The lowest BCUT2D eigenvalue weighted by Gasteiger charge is -2.05. The van der Waals surface area contributed by atoms with Crippen LogP contribution in [0.25, 0.3) is 11.0 Å². The van der Waals surface area contributed by atoms with Crippen molar-refractivity contribution in [2.45, 2.75) is 11.8 Å². The van der Waals surface area contributed by atoms with Crippen molar-refractivity contribution in [1.82, 2.24) is 0 Å². The second kappa shape index (κ2) is 6.05. The van der Waals surface area contributed by atoms with E-state index in [1.54, 1.807) is 43.3 Å². The highest BCUT2D eigenvalue weighted by Gasteiger charge is 2.23. The van der Waals surface area contributed by atoms with Gasteiger partial charge in [0.25, 0.3) is 0 Å². The molecule has 24 heavy (non-hydrogen) atoms. The van der Waals surface area contributed by atoms with E-state index in [9.17, 15) is 18.0 Å². The highest BCUT2D eigenvalue weighted by molar-refractivity contribution is 7.92. The number of hydrogen-bond donors (Lipinski definition) is 0. The summed E-state index contributed by atoms with van der Waals surface area (Å²) in [6.45, 7) is 1.78. The van der Waals surface area contributed by atoms with Gasteiger partial charge in [0.2, 0.25) is 0 Å². The molecule has 0 radical (unpaired) electrons. The zero-order chi connectivity index (χ0) is 17.3. The van der Waals surface area contributed by atoms with E-state index < -0.39 is 27.0 Å². The summed E-state index contributed by atoms with van der Waals surface area (Å²) in [5.41, 5.74) is 0.0724. The van der Waals surface area contributed by atoms with Gasteiger partial charge in [-0.15, -0.1) is 0 Å². The van der Waals surface area contributed by atoms with Crippen LogP contribution in [0.4, 0.5) is 0 Å². The number of Topliss-reactive ketones (excluding diaryl/α,β-unsaturated/α-hetero) is 1. The van der Waals surface area contributed by atoms with E-state index in [2.05, 4.69) is 0 Å². The van der Waals surface area contributed by atoms with Crippen molar-refractivity contribution in [3.8, 4) is 0 Å². The third-order valence-electron chi connectivity index (χ3n) is 3.68. The van der Waals surface area contributed by atoms with Crippen LogP contribution in [0.5, 0.6) is 0 Å². The SMILES string of the molecule is Cc1cccc2cc(C(=O)CS(=O)(=O)c3ccccc3)c(=O)oc12. The highest BCUT2D eigenvalue weighted by Crippen LogP contribution is 2.18. The van der Waals surface area contributed by atoms with E-state index >= 15 is 0 Å². The summed E-state index contributed by atoms with van der Waals surface area (Å²) in [7, 11) is -3.82. The van der Waals surface area contributed by atoms with Crippen molar-refractivity contribution in [1.29, 1.82) is 0 Å².